The second-order valence-electron chi connectivity index (χ2n) is 13.8. The number of primary amides is 4. The summed E-state index contributed by atoms with van der Waals surface area (Å²) in [4.78, 5) is 122. The SMILES string of the molecule is CCCCCCCCCCCNC(=O)C(=O)N(CCCCCCCCCCC)N(CCN(CCN(NC(=O)C(N)=O)NC(=O)C(N)=O)NC(=O)C(N)=O)NC(=O)C(N)=O. The van der Waals surface area contributed by atoms with Crippen LogP contribution in [0.4, 0.5) is 0 Å². The average Bonchev–Trinajstić information content (AvgIpc) is 3.18. The van der Waals surface area contributed by atoms with Gasteiger partial charge in [0.15, 0.2) is 0 Å². The van der Waals surface area contributed by atoms with E-state index in [-0.39, 0.29) is 13.1 Å². The number of nitrogens with two attached hydrogens (primary N) is 4. The van der Waals surface area contributed by atoms with E-state index in [0.29, 0.717) is 24.4 Å². The lowest BCUT2D eigenvalue weighted by Gasteiger charge is -2.35. The molecule has 23 nitrogen and oxygen atoms in total. The molecule has 13 N–H and O–H groups in total. The molecule has 0 rings (SSSR count). The zero-order valence-corrected chi connectivity index (χ0v) is 34.7. The molecule has 336 valence electrons. The third-order valence-electron chi connectivity index (χ3n) is 8.79. The molecule has 0 radical (unpaired) electrons. The van der Waals surface area contributed by atoms with Crippen LogP contribution in [-0.4, -0.2) is 119 Å². The first-order valence-corrected chi connectivity index (χ1v) is 20.4. The van der Waals surface area contributed by atoms with Gasteiger partial charge in [-0.15, -0.1) is 10.2 Å². The van der Waals surface area contributed by atoms with Gasteiger partial charge in [0.25, 0.3) is 0 Å². The lowest BCUT2D eigenvalue weighted by molar-refractivity contribution is -0.169. The molecule has 0 heterocycles. The molecule has 0 saturated carbocycles. The monoisotopic (exact) mass is 842 g/mol. The number of nitrogens with one attached hydrogen (secondary N) is 5. The fraction of sp³-hybridized carbons (Fsp3) is 0.722. The minimum absolute atomic E-state index is 0.0983. The summed E-state index contributed by atoms with van der Waals surface area (Å²) in [5, 5.41) is 5.91. The lowest BCUT2D eigenvalue weighted by Crippen LogP contribution is -2.63. The van der Waals surface area contributed by atoms with Gasteiger partial charge in [0.05, 0.1) is 13.1 Å². The minimum Gasteiger partial charge on any atom is -0.361 e. The van der Waals surface area contributed by atoms with Crippen LogP contribution in [0.3, 0.4) is 0 Å². The second kappa shape index (κ2) is 32.5. The van der Waals surface area contributed by atoms with E-state index in [9.17, 15) is 47.9 Å². The standard InChI is InChI=1S/C36H67N13O10/c1-3-5-7-9-11-13-15-17-19-21-41-35(58)36(59)47(22-20-18-16-14-12-10-8-6-4-2)49(45-34(57)30(40)53)26-24-46(42-31(54)27(37)50)23-25-48(43-32(55)28(38)51)44-33(56)29(39)52/h3-26H2,1-2H3,(H2,37,50)(H2,38,51)(H2,39,52)(H2,40,53)(H,41,58)(H,42,54)(H,43,55)(H,44,56)(H,45,57). The molecule has 0 spiro atoms. The fourth-order valence-electron chi connectivity index (χ4n) is 5.50. The number of rotatable bonds is 31. The summed E-state index contributed by atoms with van der Waals surface area (Å²) < 4.78 is 0. The topological polar surface area (TPSA) is 348 Å². The summed E-state index contributed by atoms with van der Waals surface area (Å²) in [6.45, 7) is 2.49. The maximum absolute atomic E-state index is 13.7. The average molecular weight is 842 g/mol. The number of unbranched alkanes of at least 4 members (excludes halogenated alkanes) is 16. The molecule has 0 aromatic carbocycles. The first-order valence-electron chi connectivity index (χ1n) is 20.4. The highest BCUT2D eigenvalue weighted by Gasteiger charge is 2.30. The van der Waals surface area contributed by atoms with Gasteiger partial charge in [-0.2, -0.15) is 0 Å². The van der Waals surface area contributed by atoms with Gasteiger partial charge in [-0.05, 0) is 12.8 Å². The van der Waals surface area contributed by atoms with Crippen molar-refractivity contribution in [3.63, 3.8) is 0 Å². The Morgan fingerprint density at radius 3 is 1.20 bits per heavy atom. The van der Waals surface area contributed by atoms with Gasteiger partial charge in [-0.3, -0.25) is 69.6 Å². The highest BCUT2D eigenvalue weighted by Crippen LogP contribution is 2.12. The number of amides is 10. The van der Waals surface area contributed by atoms with E-state index >= 15 is 0 Å². The van der Waals surface area contributed by atoms with E-state index in [1.54, 1.807) is 0 Å². The number of carbonyl (C=O) groups excluding carboxylic acids is 10. The summed E-state index contributed by atoms with van der Waals surface area (Å²) in [7, 11) is 0. The van der Waals surface area contributed by atoms with Crippen LogP contribution in [0.25, 0.3) is 0 Å². The van der Waals surface area contributed by atoms with Crippen molar-refractivity contribution in [3.05, 3.63) is 0 Å². The molecule has 0 aromatic rings. The van der Waals surface area contributed by atoms with Crippen molar-refractivity contribution in [1.82, 2.24) is 47.3 Å². The van der Waals surface area contributed by atoms with Gasteiger partial charge < -0.3 is 28.3 Å². The third-order valence-corrected chi connectivity index (χ3v) is 8.79. The summed E-state index contributed by atoms with van der Waals surface area (Å²) in [6.07, 6.45) is 17.8. The molecule has 0 unspecified atom stereocenters. The maximum Gasteiger partial charge on any atom is 0.327 e. The molecule has 0 aliphatic rings. The third kappa shape index (κ3) is 26.3. The van der Waals surface area contributed by atoms with E-state index < -0.39 is 85.3 Å². The minimum atomic E-state index is -1.48. The Labute approximate surface area is 345 Å². The summed E-state index contributed by atoms with van der Waals surface area (Å²) in [5.74, 6) is -13.4. The Kier molecular flexibility index (Phi) is 29.5. The van der Waals surface area contributed by atoms with Crippen molar-refractivity contribution in [2.75, 3.05) is 39.3 Å². The number of nitrogens with zero attached hydrogens (tertiary/aromatic N) is 4. The summed E-state index contributed by atoms with van der Waals surface area (Å²) >= 11 is 0. The molecule has 10 amide bonds. The van der Waals surface area contributed by atoms with Crippen LogP contribution in [0.15, 0.2) is 0 Å². The van der Waals surface area contributed by atoms with Gasteiger partial charge in [-0.1, -0.05) is 117 Å². The van der Waals surface area contributed by atoms with E-state index in [1.807, 2.05) is 10.9 Å². The Morgan fingerprint density at radius 1 is 0.390 bits per heavy atom. The van der Waals surface area contributed by atoms with Crippen LogP contribution in [-0.2, 0) is 47.9 Å². The molecule has 0 saturated heterocycles. The highest BCUT2D eigenvalue weighted by molar-refractivity contribution is 6.36. The fourth-order valence-corrected chi connectivity index (χ4v) is 5.50. The molecular weight excluding hydrogens is 774 g/mol. The number of hydrazine groups is 5. The zero-order chi connectivity index (χ0) is 44.6. The van der Waals surface area contributed by atoms with Crippen LogP contribution in [0.5, 0.6) is 0 Å². The normalized spacial score (nSPS) is 10.9. The first-order chi connectivity index (χ1) is 28.0. The Bertz CT molecular complexity index is 1360. The van der Waals surface area contributed by atoms with Crippen molar-refractivity contribution in [2.24, 2.45) is 22.9 Å². The van der Waals surface area contributed by atoms with Crippen LogP contribution in [0, 0.1) is 0 Å². The van der Waals surface area contributed by atoms with Crippen molar-refractivity contribution in [2.45, 2.75) is 129 Å². The summed E-state index contributed by atoms with van der Waals surface area (Å²) in [6, 6.07) is 0. The smallest absolute Gasteiger partial charge is 0.327 e. The van der Waals surface area contributed by atoms with Crippen LogP contribution in [0.1, 0.15) is 129 Å². The van der Waals surface area contributed by atoms with E-state index in [2.05, 4.69) is 30.0 Å². The molecule has 59 heavy (non-hydrogen) atoms. The van der Waals surface area contributed by atoms with Gasteiger partial charge >= 0.3 is 59.1 Å². The maximum atomic E-state index is 13.7. The number of hydrogen-bond donors (Lipinski definition) is 9. The first kappa shape index (κ1) is 53.6. The predicted octanol–water partition coefficient (Wildman–Crippen LogP) is -2.12. The van der Waals surface area contributed by atoms with Crippen LogP contribution in [0.2, 0.25) is 0 Å². The molecular formula is C36H67N13O10. The predicted molar refractivity (Wildman–Crippen MR) is 214 cm³/mol. The molecule has 0 atom stereocenters. The van der Waals surface area contributed by atoms with Gasteiger partial charge in [-0.25, -0.2) is 10.0 Å². The van der Waals surface area contributed by atoms with Crippen LogP contribution < -0.4 is 50.0 Å². The quantitative estimate of drug-likeness (QED) is 0.0205. The van der Waals surface area contributed by atoms with Crippen molar-refractivity contribution < 1.29 is 47.9 Å². The second-order valence-corrected chi connectivity index (χ2v) is 13.8. The lowest BCUT2D eigenvalue weighted by atomic mass is 10.1. The molecule has 0 aromatic heterocycles. The van der Waals surface area contributed by atoms with Gasteiger partial charge in [0, 0.05) is 26.2 Å². The number of carbonyl (C=O) groups is 10. The Hall–Kier alpha value is -5.42. The van der Waals surface area contributed by atoms with Gasteiger partial charge in [0.1, 0.15) is 0 Å². The largest absolute Gasteiger partial charge is 0.361 e. The molecule has 0 bridgehead atoms. The Balaban J connectivity index is 6.19. The van der Waals surface area contributed by atoms with Crippen molar-refractivity contribution in [3.8, 4) is 0 Å². The van der Waals surface area contributed by atoms with Crippen LogP contribution >= 0.6 is 0 Å². The van der Waals surface area contributed by atoms with Crippen molar-refractivity contribution >= 4 is 59.1 Å². The van der Waals surface area contributed by atoms with E-state index in [0.717, 1.165) is 85.8 Å². The van der Waals surface area contributed by atoms with E-state index in [1.165, 1.54) is 25.7 Å². The zero-order valence-electron chi connectivity index (χ0n) is 34.7. The Morgan fingerprint density at radius 2 is 0.763 bits per heavy atom. The molecule has 23 heteroatoms. The molecule has 0 aliphatic carbocycles. The summed E-state index contributed by atoms with van der Waals surface area (Å²) in [5.41, 5.74) is 28.4. The van der Waals surface area contributed by atoms with Gasteiger partial charge in [0.2, 0.25) is 0 Å². The molecule has 0 fully saturated rings. The number of hydrogen-bond acceptors (Lipinski definition) is 13. The van der Waals surface area contributed by atoms with E-state index in [4.69, 9.17) is 22.9 Å². The highest BCUT2D eigenvalue weighted by atomic mass is 16.2. The van der Waals surface area contributed by atoms with Crippen molar-refractivity contribution in [1.29, 1.82) is 0 Å². The molecule has 0 aliphatic heterocycles.